The zero-order chi connectivity index (χ0) is 17.1. The van der Waals surface area contributed by atoms with Crippen LogP contribution in [-0.2, 0) is 0 Å². The predicted octanol–water partition coefficient (Wildman–Crippen LogP) is 5.66. The molecule has 2 aliphatic rings. The highest BCUT2D eigenvalue weighted by atomic mass is 15.6. The molecule has 1 aliphatic carbocycles. The van der Waals surface area contributed by atoms with Crippen molar-refractivity contribution >= 4 is 27.5 Å². The van der Waals surface area contributed by atoms with E-state index in [-0.39, 0.29) is 0 Å². The summed E-state index contributed by atoms with van der Waals surface area (Å²) in [6, 6.07) is 26.5. The number of allylic oxidation sites excluding steroid dienone is 2. The Hall–Kier alpha value is -3.26. The highest BCUT2D eigenvalue weighted by Crippen LogP contribution is 2.45. The maximum Gasteiger partial charge on any atom is 0.0797 e. The van der Waals surface area contributed by atoms with Crippen molar-refractivity contribution in [3.63, 3.8) is 0 Å². The lowest BCUT2D eigenvalue weighted by atomic mass is 9.92. The zero-order valence-electron chi connectivity index (χ0n) is 14.3. The number of hydrogen-bond donors (Lipinski definition) is 0. The van der Waals surface area contributed by atoms with Crippen LogP contribution in [-0.4, -0.2) is 10.7 Å². The van der Waals surface area contributed by atoms with Gasteiger partial charge in [0.1, 0.15) is 0 Å². The monoisotopic (exact) mass is 334 g/mol. The molecule has 2 atom stereocenters. The molecular weight excluding hydrogens is 316 g/mol. The van der Waals surface area contributed by atoms with E-state index in [1.807, 2.05) is 0 Å². The lowest BCUT2D eigenvalue weighted by Gasteiger charge is -2.31. The third-order valence-corrected chi connectivity index (χ3v) is 5.70. The van der Waals surface area contributed by atoms with Crippen LogP contribution in [0.5, 0.6) is 0 Å². The molecule has 3 aromatic carbocycles. The second-order valence-electron chi connectivity index (χ2n) is 7.04. The normalized spacial score (nSPS) is 20.7. The molecule has 1 aromatic heterocycles. The summed E-state index contributed by atoms with van der Waals surface area (Å²) in [4.78, 5) is 0. The Balaban J connectivity index is 1.73. The van der Waals surface area contributed by atoms with E-state index in [1.54, 1.807) is 0 Å². The Morgan fingerprint density at radius 1 is 0.615 bits per heavy atom. The molecule has 0 amide bonds. The molecular formula is C24H18N2. The number of anilines is 1. The molecule has 2 nitrogen and oxygen atoms in total. The minimum atomic E-state index is 0.302. The number of fused-ring (bicyclic) bond motifs is 6. The van der Waals surface area contributed by atoms with Crippen LogP contribution in [0.3, 0.4) is 0 Å². The Morgan fingerprint density at radius 2 is 1.23 bits per heavy atom. The van der Waals surface area contributed by atoms with Crippen LogP contribution in [0.25, 0.3) is 21.8 Å². The summed E-state index contributed by atoms with van der Waals surface area (Å²) < 4.78 is 2.41. The van der Waals surface area contributed by atoms with Gasteiger partial charge in [0.05, 0.1) is 22.8 Å². The highest BCUT2D eigenvalue weighted by Gasteiger charge is 2.38. The number of nitrogens with zero attached hydrogens (tertiary/aromatic N) is 2. The van der Waals surface area contributed by atoms with Crippen LogP contribution in [0.15, 0.2) is 97.1 Å². The smallest absolute Gasteiger partial charge is 0.0797 e. The number of para-hydroxylation sites is 3. The highest BCUT2D eigenvalue weighted by molar-refractivity contribution is 6.08. The number of aromatic nitrogens is 1. The van der Waals surface area contributed by atoms with Crippen molar-refractivity contribution in [1.82, 2.24) is 4.68 Å². The van der Waals surface area contributed by atoms with E-state index in [9.17, 15) is 0 Å². The standard InChI is InChI=1S/C24H18N2/c1-5-13-21-17(9-1)18-10-2-6-14-22(18)25(21)26-23-15-7-3-11-19(23)20-12-4-8-16-24(20)26/h1-17,21H. The summed E-state index contributed by atoms with van der Waals surface area (Å²) in [7, 11) is 0. The molecule has 2 heterocycles. The van der Waals surface area contributed by atoms with Gasteiger partial charge in [0, 0.05) is 16.7 Å². The van der Waals surface area contributed by atoms with Crippen LogP contribution in [0.2, 0.25) is 0 Å². The van der Waals surface area contributed by atoms with Crippen molar-refractivity contribution in [2.75, 3.05) is 5.01 Å². The molecule has 0 bridgehead atoms. The Bertz CT molecular complexity index is 1160. The molecule has 6 rings (SSSR count). The average Bonchev–Trinajstić information content (AvgIpc) is 3.21. The first-order chi connectivity index (χ1) is 12.9. The first kappa shape index (κ1) is 14.0. The van der Waals surface area contributed by atoms with Crippen molar-refractivity contribution in [1.29, 1.82) is 0 Å². The number of rotatable bonds is 1. The minimum Gasteiger partial charge on any atom is -0.273 e. The van der Waals surface area contributed by atoms with Crippen LogP contribution < -0.4 is 5.01 Å². The second kappa shape index (κ2) is 5.12. The average molecular weight is 334 g/mol. The van der Waals surface area contributed by atoms with E-state index in [4.69, 9.17) is 0 Å². The lowest BCUT2D eigenvalue weighted by Crippen LogP contribution is -2.37. The van der Waals surface area contributed by atoms with Crippen LogP contribution in [0.1, 0.15) is 11.5 Å². The minimum absolute atomic E-state index is 0.302. The molecule has 124 valence electrons. The van der Waals surface area contributed by atoms with Gasteiger partial charge in [-0.05, 0) is 23.8 Å². The Labute approximate surface area is 152 Å². The SMILES string of the molecule is C1=CC2c3ccccc3N(n3c4ccccc4c4ccccc43)C2C=C1. The molecule has 0 saturated heterocycles. The summed E-state index contributed by atoms with van der Waals surface area (Å²) in [6.45, 7) is 0. The summed E-state index contributed by atoms with van der Waals surface area (Å²) in [5, 5.41) is 5.09. The van der Waals surface area contributed by atoms with E-state index >= 15 is 0 Å². The lowest BCUT2D eigenvalue weighted by molar-refractivity contribution is 0.635. The molecule has 2 unspecified atom stereocenters. The number of benzene rings is 3. The van der Waals surface area contributed by atoms with E-state index < -0.39 is 0 Å². The molecule has 2 heteroatoms. The number of hydrogen-bond acceptors (Lipinski definition) is 1. The van der Waals surface area contributed by atoms with Crippen molar-refractivity contribution < 1.29 is 0 Å². The van der Waals surface area contributed by atoms with Gasteiger partial charge in [0.15, 0.2) is 0 Å². The van der Waals surface area contributed by atoms with Gasteiger partial charge in [-0.15, -0.1) is 0 Å². The first-order valence-electron chi connectivity index (χ1n) is 9.15. The fourth-order valence-corrected chi connectivity index (χ4v) is 4.63. The van der Waals surface area contributed by atoms with Gasteiger partial charge < -0.3 is 0 Å². The summed E-state index contributed by atoms with van der Waals surface area (Å²) in [6.07, 6.45) is 9.01. The molecule has 26 heavy (non-hydrogen) atoms. The largest absolute Gasteiger partial charge is 0.273 e. The summed E-state index contributed by atoms with van der Waals surface area (Å²) >= 11 is 0. The second-order valence-corrected chi connectivity index (χ2v) is 7.04. The maximum absolute atomic E-state index is 2.48. The van der Waals surface area contributed by atoms with Gasteiger partial charge >= 0.3 is 0 Å². The van der Waals surface area contributed by atoms with Crippen molar-refractivity contribution in [3.8, 4) is 0 Å². The quantitative estimate of drug-likeness (QED) is 0.436. The topological polar surface area (TPSA) is 8.17 Å². The molecule has 0 saturated carbocycles. The van der Waals surface area contributed by atoms with Crippen LogP contribution in [0.4, 0.5) is 5.69 Å². The van der Waals surface area contributed by atoms with Gasteiger partial charge in [-0.1, -0.05) is 78.9 Å². The fraction of sp³-hybridized carbons (Fsp3) is 0.0833. The van der Waals surface area contributed by atoms with Gasteiger partial charge in [-0.2, -0.15) is 0 Å². The zero-order valence-corrected chi connectivity index (χ0v) is 14.3. The molecule has 0 radical (unpaired) electrons. The van der Waals surface area contributed by atoms with E-state index in [1.165, 1.54) is 33.1 Å². The van der Waals surface area contributed by atoms with Crippen molar-refractivity contribution in [2.24, 2.45) is 0 Å². The third-order valence-electron chi connectivity index (χ3n) is 5.70. The predicted molar refractivity (Wildman–Crippen MR) is 109 cm³/mol. The summed E-state index contributed by atoms with van der Waals surface area (Å²) in [5.74, 6) is 0.399. The van der Waals surface area contributed by atoms with Crippen LogP contribution >= 0.6 is 0 Å². The molecule has 0 N–H and O–H groups in total. The Morgan fingerprint density at radius 3 is 2.00 bits per heavy atom. The maximum atomic E-state index is 2.48. The van der Waals surface area contributed by atoms with E-state index in [0.29, 0.717) is 12.0 Å². The van der Waals surface area contributed by atoms with Crippen molar-refractivity contribution in [3.05, 3.63) is 103 Å². The Kier molecular flexibility index (Phi) is 2.75. The van der Waals surface area contributed by atoms with E-state index in [2.05, 4.69) is 107 Å². The summed E-state index contributed by atoms with van der Waals surface area (Å²) in [5.41, 5.74) is 5.21. The van der Waals surface area contributed by atoms with Crippen LogP contribution in [0, 0.1) is 0 Å². The van der Waals surface area contributed by atoms with Gasteiger partial charge in [0.2, 0.25) is 0 Å². The van der Waals surface area contributed by atoms with Gasteiger partial charge in [0.25, 0.3) is 0 Å². The van der Waals surface area contributed by atoms with Gasteiger partial charge in [-0.25, -0.2) is 0 Å². The molecule has 4 aromatic rings. The fourth-order valence-electron chi connectivity index (χ4n) is 4.63. The first-order valence-corrected chi connectivity index (χ1v) is 9.15. The molecule has 0 spiro atoms. The third kappa shape index (κ3) is 1.71. The van der Waals surface area contributed by atoms with Crippen molar-refractivity contribution in [2.45, 2.75) is 12.0 Å². The molecule has 0 fully saturated rings. The van der Waals surface area contributed by atoms with Gasteiger partial charge in [-0.3, -0.25) is 9.69 Å². The molecule has 1 aliphatic heterocycles. The van der Waals surface area contributed by atoms with E-state index in [0.717, 1.165) is 0 Å².